The number of pyridine rings is 1. The first-order valence-electron chi connectivity index (χ1n) is 8.12. The predicted molar refractivity (Wildman–Crippen MR) is 95.6 cm³/mol. The Morgan fingerprint density at radius 2 is 2.04 bits per heavy atom. The molecular formula is C19H20N4O2. The fourth-order valence-corrected chi connectivity index (χ4v) is 2.48. The van der Waals surface area contributed by atoms with Gasteiger partial charge in [-0.2, -0.15) is 5.10 Å². The highest BCUT2D eigenvalue weighted by molar-refractivity contribution is 5.99. The highest BCUT2D eigenvalue weighted by Gasteiger charge is 2.18. The summed E-state index contributed by atoms with van der Waals surface area (Å²) < 4.78 is 6.72. The van der Waals surface area contributed by atoms with Crippen molar-refractivity contribution in [3.05, 3.63) is 66.6 Å². The van der Waals surface area contributed by atoms with Crippen LogP contribution in [0.2, 0.25) is 0 Å². The quantitative estimate of drug-likeness (QED) is 0.674. The predicted octanol–water partition coefficient (Wildman–Crippen LogP) is 2.70. The zero-order valence-corrected chi connectivity index (χ0v) is 14.1. The van der Waals surface area contributed by atoms with Gasteiger partial charge >= 0.3 is 0 Å². The minimum Gasteiger partial charge on any atom is -0.385 e. The van der Waals surface area contributed by atoms with Crippen LogP contribution in [0.1, 0.15) is 16.8 Å². The fraction of sp³-hybridized carbons (Fsp3) is 0.211. The average Bonchev–Trinajstić information content (AvgIpc) is 3.12. The van der Waals surface area contributed by atoms with Gasteiger partial charge in [0.15, 0.2) is 0 Å². The minimum atomic E-state index is -0.155. The van der Waals surface area contributed by atoms with Crippen LogP contribution in [0, 0.1) is 0 Å². The molecule has 0 spiro atoms. The second kappa shape index (κ2) is 8.21. The van der Waals surface area contributed by atoms with Crippen LogP contribution < -0.4 is 5.32 Å². The number of aromatic nitrogens is 3. The molecule has 6 heteroatoms. The maximum absolute atomic E-state index is 12.6. The normalized spacial score (nSPS) is 10.6. The van der Waals surface area contributed by atoms with E-state index in [0.29, 0.717) is 24.4 Å². The number of amides is 1. The Morgan fingerprint density at radius 3 is 2.76 bits per heavy atom. The summed E-state index contributed by atoms with van der Waals surface area (Å²) in [6.07, 6.45) is 5.92. The summed E-state index contributed by atoms with van der Waals surface area (Å²) in [5.74, 6) is -0.155. The van der Waals surface area contributed by atoms with Crippen molar-refractivity contribution in [2.24, 2.45) is 0 Å². The molecule has 6 nitrogen and oxygen atoms in total. The monoisotopic (exact) mass is 336 g/mol. The number of carbonyl (C=O) groups excluding carboxylic acids is 1. The number of benzene rings is 1. The van der Waals surface area contributed by atoms with Gasteiger partial charge in [-0.1, -0.05) is 18.2 Å². The van der Waals surface area contributed by atoms with Crippen LogP contribution in [0.3, 0.4) is 0 Å². The maximum atomic E-state index is 12.6. The van der Waals surface area contributed by atoms with E-state index in [2.05, 4.69) is 15.4 Å². The smallest absolute Gasteiger partial charge is 0.255 e. The third-order valence-electron chi connectivity index (χ3n) is 3.73. The molecule has 0 aliphatic rings. The van der Waals surface area contributed by atoms with Crippen molar-refractivity contribution in [3.63, 3.8) is 0 Å². The number of nitrogens with one attached hydrogen (secondary N) is 1. The van der Waals surface area contributed by atoms with Gasteiger partial charge in [-0.25, -0.2) is 4.68 Å². The van der Waals surface area contributed by atoms with E-state index >= 15 is 0 Å². The molecule has 1 amide bonds. The first kappa shape index (κ1) is 16.9. The topological polar surface area (TPSA) is 69.0 Å². The van der Waals surface area contributed by atoms with Gasteiger partial charge in [0.1, 0.15) is 5.69 Å². The SMILES string of the molecule is COCCCNC(=O)c1cn(-c2ccccc2)nc1-c1cccnc1. The van der Waals surface area contributed by atoms with E-state index in [1.54, 1.807) is 30.4 Å². The van der Waals surface area contributed by atoms with E-state index in [1.807, 2.05) is 42.5 Å². The molecule has 0 aliphatic carbocycles. The lowest BCUT2D eigenvalue weighted by Gasteiger charge is -2.04. The molecule has 0 atom stereocenters. The molecule has 0 saturated heterocycles. The van der Waals surface area contributed by atoms with Crippen molar-refractivity contribution >= 4 is 5.91 Å². The lowest BCUT2D eigenvalue weighted by molar-refractivity contribution is 0.0949. The van der Waals surface area contributed by atoms with E-state index in [4.69, 9.17) is 4.74 Å². The molecule has 0 radical (unpaired) electrons. The molecule has 25 heavy (non-hydrogen) atoms. The van der Waals surface area contributed by atoms with Crippen molar-refractivity contribution < 1.29 is 9.53 Å². The first-order chi connectivity index (χ1) is 12.3. The Balaban J connectivity index is 1.92. The van der Waals surface area contributed by atoms with E-state index in [9.17, 15) is 4.79 Å². The Hall–Kier alpha value is -2.99. The summed E-state index contributed by atoms with van der Waals surface area (Å²) in [5.41, 5.74) is 2.83. The van der Waals surface area contributed by atoms with Gasteiger partial charge in [0.05, 0.1) is 11.3 Å². The lowest BCUT2D eigenvalue weighted by atomic mass is 10.1. The number of hydrogen-bond acceptors (Lipinski definition) is 4. The molecule has 3 aromatic rings. The van der Waals surface area contributed by atoms with Gasteiger partial charge in [0.25, 0.3) is 5.91 Å². The highest BCUT2D eigenvalue weighted by atomic mass is 16.5. The van der Waals surface area contributed by atoms with E-state index < -0.39 is 0 Å². The molecule has 0 fully saturated rings. The molecule has 3 rings (SSSR count). The van der Waals surface area contributed by atoms with Gasteiger partial charge in [0, 0.05) is 44.4 Å². The largest absolute Gasteiger partial charge is 0.385 e. The zero-order chi connectivity index (χ0) is 17.5. The summed E-state index contributed by atoms with van der Waals surface area (Å²) >= 11 is 0. The summed E-state index contributed by atoms with van der Waals surface area (Å²) in [6, 6.07) is 13.4. The van der Waals surface area contributed by atoms with Crippen LogP contribution in [0.25, 0.3) is 16.9 Å². The number of carbonyl (C=O) groups is 1. The molecule has 2 heterocycles. The molecule has 0 aliphatic heterocycles. The fourth-order valence-electron chi connectivity index (χ4n) is 2.48. The van der Waals surface area contributed by atoms with Gasteiger partial charge in [-0.3, -0.25) is 9.78 Å². The van der Waals surface area contributed by atoms with Crippen LogP contribution in [0.4, 0.5) is 0 Å². The third-order valence-corrected chi connectivity index (χ3v) is 3.73. The third kappa shape index (κ3) is 4.10. The minimum absolute atomic E-state index is 0.155. The molecule has 0 bridgehead atoms. The van der Waals surface area contributed by atoms with Crippen molar-refractivity contribution in [1.29, 1.82) is 0 Å². The van der Waals surface area contributed by atoms with Crippen LogP contribution in [-0.2, 0) is 4.74 Å². The molecule has 2 aromatic heterocycles. The Morgan fingerprint density at radius 1 is 1.20 bits per heavy atom. The van der Waals surface area contributed by atoms with Gasteiger partial charge in [-0.05, 0) is 30.7 Å². The van der Waals surface area contributed by atoms with Gasteiger partial charge in [0.2, 0.25) is 0 Å². The van der Waals surface area contributed by atoms with Crippen LogP contribution >= 0.6 is 0 Å². The summed E-state index contributed by atoms with van der Waals surface area (Å²) in [6.45, 7) is 1.16. The standard InChI is InChI=1S/C19H20N4O2/c1-25-12-6-11-21-19(24)17-14-23(16-8-3-2-4-9-16)22-18(17)15-7-5-10-20-13-15/h2-5,7-10,13-14H,6,11-12H2,1H3,(H,21,24). The number of nitrogens with zero attached hydrogens (tertiary/aromatic N) is 3. The molecular weight excluding hydrogens is 316 g/mol. The van der Waals surface area contributed by atoms with E-state index in [0.717, 1.165) is 17.7 Å². The zero-order valence-electron chi connectivity index (χ0n) is 14.1. The molecule has 1 aromatic carbocycles. The van der Waals surface area contributed by atoms with Crippen molar-refractivity contribution in [1.82, 2.24) is 20.1 Å². The summed E-state index contributed by atoms with van der Waals surface area (Å²) in [4.78, 5) is 16.8. The number of methoxy groups -OCH3 is 1. The number of hydrogen-bond donors (Lipinski definition) is 1. The average molecular weight is 336 g/mol. The van der Waals surface area contributed by atoms with Crippen molar-refractivity contribution in [2.45, 2.75) is 6.42 Å². The highest BCUT2D eigenvalue weighted by Crippen LogP contribution is 2.23. The lowest BCUT2D eigenvalue weighted by Crippen LogP contribution is -2.25. The van der Waals surface area contributed by atoms with Crippen LogP contribution in [0.5, 0.6) is 0 Å². The number of ether oxygens (including phenoxy) is 1. The van der Waals surface area contributed by atoms with Crippen LogP contribution in [-0.4, -0.2) is 40.9 Å². The maximum Gasteiger partial charge on any atom is 0.255 e. The molecule has 128 valence electrons. The number of para-hydroxylation sites is 1. The second-order valence-electron chi connectivity index (χ2n) is 5.52. The van der Waals surface area contributed by atoms with Crippen molar-refractivity contribution in [3.8, 4) is 16.9 Å². The number of rotatable bonds is 7. The Kier molecular flexibility index (Phi) is 5.53. The van der Waals surface area contributed by atoms with E-state index in [1.165, 1.54) is 0 Å². The van der Waals surface area contributed by atoms with Crippen molar-refractivity contribution in [2.75, 3.05) is 20.3 Å². The summed E-state index contributed by atoms with van der Waals surface area (Å²) in [7, 11) is 1.65. The van der Waals surface area contributed by atoms with Crippen LogP contribution in [0.15, 0.2) is 61.1 Å². The molecule has 0 saturated carbocycles. The summed E-state index contributed by atoms with van der Waals surface area (Å²) in [5, 5.41) is 7.52. The Labute approximate surface area is 146 Å². The molecule has 0 unspecified atom stereocenters. The first-order valence-corrected chi connectivity index (χ1v) is 8.12. The Bertz CT molecular complexity index is 816. The van der Waals surface area contributed by atoms with Gasteiger partial charge in [-0.15, -0.1) is 0 Å². The van der Waals surface area contributed by atoms with Gasteiger partial charge < -0.3 is 10.1 Å². The second-order valence-corrected chi connectivity index (χ2v) is 5.52. The molecule has 1 N–H and O–H groups in total. The van der Waals surface area contributed by atoms with E-state index in [-0.39, 0.29) is 5.91 Å².